The molecule has 1 aromatic heterocycles. The standard InChI is InChI=1S/C24H34N2O8/c1-12(2)26-14(5)17(11-15-7-9-16(10-8-15)32-13(3)4)22(25-26)34-24-20(29)18(27)19(28)21(33-24)23(30)31-6/h7-10,12-13,18-21,24,27-29H,11H2,1-6H3/t18-,19-,20+,21-,24-/m0/s1. The highest BCUT2D eigenvalue weighted by Crippen LogP contribution is 2.31. The van der Waals surface area contributed by atoms with Gasteiger partial charge in [-0.05, 0) is 52.3 Å². The Morgan fingerprint density at radius 2 is 1.74 bits per heavy atom. The van der Waals surface area contributed by atoms with E-state index < -0.39 is 36.7 Å². The minimum Gasteiger partial charge on any atom is -0.491 e. The fraction of sp³-hybridized carbons (Fsp3) is 0.583. The Balaban J connectivity index is 1.89. The van der Waals surface area contributed by atoms with Gasteiger partial charge in [0, 0.05) is 23.7 Å². The van der Waals surface area contributed by atoms with E-state index in [1.807, 2.05) is 58.9 Å². The summed E-state index contributed by atoms with van der Waals surface area (Å²) in [6, 6.07) is 7.72. The van der Waals surface area contributed by atoms with Crippen LogP contribution in [0, 0.1) is 6.92 Å². The first-order valence-electron chi connectivity index (χ1n) is 11.3. The minimum atomic E-state index is -1.67. The van der Waals surface area contributed by atoms with Crippen molar-refractivity contribution in [1.29, 1.82) is 0 Å². The highest BCUT2D eigenvalue weighted by molar-refractivity contribution is 5.75. The molecule has 5 atom stereocenters. The number of ether oxygens (including phenoxy) is 4. The zero-order chi connectivity index (χ0) is 25.2. The molecule has 0 radical (unpaired) electrons. The van der Waals surface area contributed by atoms with Crippen LogP contribution in [0.4, 0.5) is 0 Å². The summed E-state index contributed by atoms with van der Waals surface area (Å²) in [5, 5.41) is 35.4. The van der Waals surface area contributed by atoms with Crippen molar-refractivity contribution in [2.75, 3.05) is 7.11 Å². The fourth-order valence-electron chi connectivity index (χ4n) is 3.86. The lowest BCUT2D eigenvalue weighted by molar-refractivity contribution is -0.272. The molecule has 2 aromatic rings. The van der Waals surface area contributed by atoms with Crippen LogP contribution < -0.4 is 9.47 Å². The van der Waals surface area contributed by atoms with E-state index in [1.54, 1.807) is 4.68 Å². The van der Waals surface area contributed by atoms with Gasteiger partial charge >= 0.3 is 5.97 Å². The van der Waals surface area contributed by atoms with Crippen LogP contribution in [-0.2, 0) is 20.7 Å². The van der Waals surface area contributed by atoms with Gasteiger partial charge < -0.3 is 34.3 Å². The smallest absolute Gasteiger partial charge is 0.337 e. The second-order valence-corrected chi connectivity index (χ2v) is 8.93. The van der Waals surface area contributed by atoms with E-state index in [0.717, 1.165) is 29.7 Å². The zero-order valence-electron chi connectivity index (χ0n) is 20.3. The fourth-order valence-corrected chi connectivity index (χ4v) is 3.86. The van der Waals surface area contributed by atoms with Crippen molar-refractivity contribution in [3.63, 3.8) is 0 Å². The summed E-state index contributed by atoms with van der Waals surface area (Å²) in [5.41, 5.74) is 2.61. The number of hydrogen-bond acceptors (Lipinski definition) is 9. The van der Waals surface area contributed by atoms with Crippen molar-refractivity contribution >= 4 is 5.97 Å². The molecule has 0 amide bonds. The quantitative estimate of drug-likeness (QED) is 0.483. The summed E-state index contributed by atoms with van der Waals surface area (Å²) in [6.07, 6.45) is -7.36. The van der Waals surface area contributed by atoms with E-state index in [4.69, 9.17) is 14.2 Å². The number of esters is 1. The molecule has 0 spiro atoms. The Morgan fingerprint density at radius 1 is 1.09 bits per heavy atom. The van der Waals surface area contributed by atoms with Gasteiger partial charge in [0.2, 0.25) is 12.2 Å². The summed E-state index contributed by atoms with van der Waals surface area (Å²) in [7, 11) is 1.13. The molecule has 0 saturated carbocycles. The number of aliphatic hydroxyl groups is 3. The van der Waals surface area contributed by atoms with Gasteiger partial charge in [0.05, 0.1) is 13.2 Å². The summed E-state index contributed by atoms with van der Waals surface area (Å²) in [4.78, 5) is 12.0. The van der Waals surface area contributed by atoms with Crippen LogP contribution in [0.5, 0.6) is 11.6 Å². The van der Waals surface area contributed by atoms with Gasteiger partial charge in [-0.1, -0.05) is 12.1 Å². The lowest BCUT2D eigenvalue weighted by atomic mass is 9.99. The van der Waals surface area contributed by atoms with Crippen molar-refractivity contribution in [3.8, 4) is 11.6 Å². The van der Waals surface area contributed by atoms with E-state index >= 15 is 0 Å². The molecule has 188 valence electrons. The van der Waals surface area contributed by atoms with Gasteiger partial charge in [-0.15, -0.1) is 5.10 Å². The van der Waals surface area contributed by atoms with Crippen molar-refractivity contribution in [1.82, 2.24) is 9.78 Å². The first kappa shape index (κ1) is 26.0. The Hall–Kier alpha value is -2.66. The third kappa shape index (κ3) is 5.52. The zero-order valence-corrected chi connectivity index (χ0v) is 20.3. The van der Waals surface area contributed by atoms with Gasteiger partial charge in [-0.2, -0.15) is 0 Å². The molecule has 1 fully saturated rings. The SMILES string of the molecule is COC(=O)[C@H]1O[C@@H](Oc2nn(C(C)C)c(C)c2Cc2ccc(OC(C)C)cc2)[C@H](O)[C@@H](O)[C@@H]1O. The van der Waals surface area contributed by atoms with Gasteiger partial charge in [0.15, 0.2) is 6.10 Å². The highest BCUT2D eigenvalue weighted by Gasteiger charge is 2.49. The number of aliphatic hydroxyl groups excluding tert-OH is 3. The van der Waals surface area contributed by atoms with Crippen LogP contribution in [0.2, 0.25) is 0 Å². The lowest BCUT2D eigenvalue weighted by Crippen LogP contribution is -2.61. The van der Waals surface area contributed by atoms with Crippen molar-refractivity contribution < 1.29 is 39.1 Å². The normalized spacial score (nSPS) is 25.0. The Bertz CT molecular complexity index is 972. The number of carbonyl (C=O) groups is 1. The van der Waals surface area contributed by atoms with Crippen LogP contribution in [0.1, 0.15) is 50.6 Å². The van der Waals surface area contributed by atoms with Gasteiger partial charge in [-0.3, -0.25) is 4.68 Å². The first-order valence-corrected chi connectivity index (χ1v) is 11.3. The number of hydrogen-bond donors (Lipinski definition) is 3. The maximum absolute atomic E-state index is 12.0. The molecule has 1 saturated heterocycles. The van der Waals surface area contributed by atoms with Crippen LogP contribution in [0.25, 0.3) is 0 Å². The van der Waals surface area contributed by atoms with E-state index in [-0.39, 0.29) is 18.0 Å². The number of aromatic nitrogens is 2. The second-order valence-electron chi connectivity index (χ2n) is 8.93. The monoisotopic (exact) mass is 478 g/mol. The predicted molar refractivity (Wildman–Crippen MR) is 122 cm³/mol. The number of rotatable bonds is 8. The lowest BCUT2D eigenvalue weighted by Gasteiger charge is -2.38. The minimum absolute atomic E-state index is 0.0327. The van der Waals surface area contributed by atoms with Crippen LogP contribution in [-0.4, -0.2) is 75.0 Å². The Labute approximate surface area is 199 Å². The molecule has 3 rings (SSSR count). The molecule has 10 heteroatoms. The van der Waals surface area contributed by atoms with E-state index in [0.29, 0.717) is 6.42 Å². The van der Waals surface area contributed by atoms with E-state index in [1.165, 1.54) is 0 Å². The number of methoxy groups -OCH3 is 1. The van der Waals surface area contributed by atoms with Crippen LogP contribution >= 0.6 is 0 Å². The molecule has 0 aliphatic carbocycles. The molecular weight excluding hydrogens is 444 g/mol. The molecule has 0 bridgehead atoms. The molecule has 1 aliphatic rings. The summed E-state index contributed by atoms with van der Waals surface area (Å²) >= 11 is 0. The molecule has 2 heterocycles. The molecule has 10 nitrogen and oxygen atoms in total. The maximum atomic E-state index is 12.0. The van der Waals surface area contributed by atoms with Crippen molar-refractivity contribution in [2.24, 2.45) is 0 Å². The Kier molecular flexibility index (Phi) is 8.19. The van der Waals surface area contributed by atoms with Gasteiger partial charge in [-0.25, -0.2) is 4.79 Å². The average molecular weight is 479 g/mol. The Morgan fingerprint density at radius 3 is 2.29 bits per heavy atom. The van der Waals surface area contributed by atoms with Crippen LogP contribution in [0.3, 0.4) is 0 Å². The van der Waals surface area contributed by atoms with Crippen molar-refractivity contribution in [3.05, 3.63) is 41.1 Å². The average Bonchev–Trinajstić information content (AvgIpc) is 3.09. The molecular formula is C24H34N2O8. The van der Waals surface area contributed by atoms with Crippen molar-refractivity contribution in [2.45, 2.75) is 83.9 Å². The number of benzene rings is 1. The molecule has 3 N–H and O–H groups in total. The van der Waals surface area contributed by atoms with E-state index in [2.05, 4.69) is 9.84 Å². The molecule has 1 aliphatic heterocycles. The predicted octanol–water partition coefficient (Wildman–Crippen LogP) is 1.51. The summed E-state index contributed by atoms with van der Waals surface area (Å²) in [5.74, 6) is 0.0785. The molecule has 34 heavy (non-hydrogen) atoms. The third-order valence-corrected chi connectivity index (χ3v) is 5.63. The summed E-state index contributed by atoms with van der Waals surface area (Å²) < 4.78 is 23.5. The highest BCUT2D eigenvalue weighted by atomic mass is 16.7. The first-order chi connectivity index (χ1) is 16.0. The molecule has 0 unspecified atom stereocenters. The molecule has 1 aromatic carbocycles. The van der Waals surface area contributed by atoms with Gasteiger partial charge in [0.25, 0.3) is 0 Å². The summed E-state index contributed by atoms with van der Waals surface area (Å²) in [6.45, 7) is 9.79. The number of nitrogens with zero attached hydrogens (tertiary/aromatic N) is 2. The maximum Gasteiger partial charge on any atom is 0.337 e. The van der Waals surface area contributed by atoms with Gasteiger partial charge in [0.1, 0.15) is 24.1 Å². The topological polar surface area (TPSA) is 132 Å². The third-order valence-electron chi connectivity index (χ3n) is 5.63. The second kappa shape index (κ2) is 10.7. The van der Waals surface area contributed by atoms with Crippen LogP contribution in [0.15, 0.2) is 24.3 Å². The largest absolute Gasteiger partial charge is 0.491 e. The number of carbonyl (C=O) groups excluding carboxylic acids is 1. The van der Waals surface area contributed by atoms with E-state index in [9.17, 15) is 20.1 Å².